The van der Waals surface area contributed by atoms with Crippen LogP contribution in [-0.2, 0) is 6.54 Å². The molecule has 25 heavy (non-hydrogen) atoms. The molecule has 0 heterocycles. The Bertz CT molecular complexity index is 876. The SMILES string of the molecule is CN(Cc1ccc(F)cc1F)C(=O)c1ccc(-c2ccccc2)cc1. The van der Waals surface area contributed by atoms with Crippen molar-refractivity contribution in [2.45, 2.75) is 6.54 Å². The van der Waals surface area contributed by atoms with Gasteiger partial charge in [0.1, 0.15) is 11.6 Å². The number of hydrogen-bond donors (Lipinski definition) is 0. The van der Waals surface area contributed by atoms with Crippen LogP contribution in [0.25, 0.3) is 11.1 Å². The van der Waals surface area contributed by atoms with E-state index in [0.717, 1.165) is 17.2 Å². The van der Waals surface area contributed by atoms with Gasteiger partial charge in [0.15, 0.2) is 0 Å². The molecular weight excluding hydrogens is 320 g/mol. The number of rotatable bonds is 4. The van der Waals surface area contributed by atoms with Crippen molar-refractivity contribution < 1.29 is 13.6 Å². The highest BCUT2D eigenvalue weighted by Gasteiger charge is 2.14. The van der Waals surface area contributed by atoms with Crippen molar-refractivity contribution in [2.24, 2.45) is 0 Å². The summed E-state index contributed by atoms with van der Waals surface area (Å²) in [6, 6.07) is 20.5. The lowest BCUT2D eigenvalue weighted by Crippen LogP contribution is -2.26. The van der Waals surface area contributed by atoms with Crippen molar-refractivity contribution in [3.8, 4) is 11.1 Å². The number of carbonyl (C=O) groups excluding carboxylic acids is 1. The highest BCUT2D eigenvalue weighted by molar-refractivity contribution is 5.94. The van der Waals surface area contributed by atoms with Gasteiger partial charge in [0, 0.05) is 30.8 Å². The Labute approximate surface area is 145 Å². The summed E-state index contributed by atoms with van der Waals surface area (Å²) in [4.78, 5) is 13.9. The molecule has 0 aliphatic heterocycles. The molecule has 0 bridgehead atoms. The normalized spacial score (nSPS) is 10.5. The fourth-order valence-electron chi connectivity index (χ4n) is 2.63. The molecular formula is C21H17F2NO. The lowest BCUT2D eigenvalue weighted by atomic mass is 10.0. The number of amides is 1. The summed E-state index contributed by atoms with van der Waals surface area (Å²) < 4.78 is 26.7. The molecule has 126 valence electrons. The average Bonchev–Trinajstić information content (AvgIpc) is 2.64. The Balaban J connectivity index is 1.74. The highest BCUT2D eigenvalue weighted by atomic mass is 19.1. The number of nitrogens with zero attached hydrogens (tertiary/aromatic N) is 1. The first-order valence-electron chi connectivity index (χ1n) is 7.89. The Hall–Kier alpha value is -3.01. The molecule has 0 spiro atoms. The second-order valence-corrected chi connectivity index (χ2v) is 5.84. The van der Waals surface area contributed by atoms with Gasteiger partial charge in [-0.1, -0.05) is 48.5 Å². The van der Waals surface area contributed by atoms with Gasteiger partial charge in [-0.3, -0.25) is 4.79 Å². The number of carbonyl (C=O) groups is 1. The van der Waals surface area contributed by atoms with Crippen LogP contribution in [0.3, 0.4) is 0 Å². The van der Waals surface area contributed by atoms with Crippen LogP contribution in [0.2, 0.25) is 0 Å². The van der Waals surface area contributed by atoms with Crippen molar-refractivity contribution >= 4 is 5.91 Å². The van der Waals surface area contributed by atoms with E-state index in [1.54, 1.807) is 19.2 Å². The molecule has 0 fully saturated rings. The van der Waals surface area contributed by atoms with Gasteiger partial charge in [-0.15, -0.1) is 0 Å². The van der Waals surface area contributed by atoms with Crippen molar-refractivity contribution in [1.82, 2.24) is 4.90 Å². The molecule has 0 aliphatic rings. The van der Waals surface area contributed by atoms with E-state index in [1.165, 1.54) is 17.0 Å². The monoisotopic (exact) mass is 337 g/mol. The summed E-state index contributed by atoms with van der Waals surface area (Å²) in [5.41, 5.74) is 2.88. The molecule has 0 atom stereocenters. The van der Waals surface area contributed by atoms with Gasteiger partial charge in [0.25, 0.3) is 5.91 Å². The average molecular weight is 337 g/mol. The Morgan fingerprint density at radius 3 is 2.16 bits per heavy atom. The van der Waals surface area contributed by atoms with Crippen molar-refractivity contribution in [3.63, 3.8) is 0 Å². The van der Waals surface area contributed by atoms with Gasteiger partial charge in [-0.05, 0) is 29.3 Å². The molecule has 0 N–H and O–H groups in total. The van der Waals surface area contributed by atoms with Crippen LogP contribution >= 0.6 is 0 Å². The molecule has 0 aromatic heterocycles. The lowest BCUT2D eigenvalue weighted by Gasteiger charge is -2.18. The van der Waals surface area contributed by atoms with Crippen LogP contribution in [0.5, 0.6) is 0 Å². The van der Waals surface area contributed by atoms with Crippen molar-refractivity contribution in [1.29, 1.82) is 0 Å². The molecule has 1 amide bonds. The maximum Gasteiger partial charge on any atom is 0.253 e. The van der Waals surface area contributed by atoms with Crippen LogP contribution < -0.4 is 0 Å². The summed E-state index contributed by atoms with van der Waals surface area (Å²) >= 11 is 0. The van der Waals surface area contributed by atoms with Crippen LogP contribution in [0.1, 0.15) is 15.9 Å². The molecule has 3 aromatic rings. The summed E-state index contributed by atoms with van der Waals surface area (Å²) in [5, 5.41) is 0. The molecule has 0 saturated carbocycles. The predicted molar refractivity (Wildman–Crippen MR) is 94.0 cm³/mol. The zero-order valence-electron chi connectivity index (χ0n) is 13.7. The van der Waals surface area contributed by atoms with Gasteiger partial charge >= 0.3 is 0 Å². The Morgan fingerprint density at radius 1 is 0.880 bits per heavy atom. The number of halogens is 2. The largest absolute Gasteiger partial charge is 0.337 e. The highest BCUT2D eigenvalue weighted by Crippen LogP contribution is 2.20. The molecule has 2 nitrogen and oxygen atoms in total. The predicted octanol–water partition coefficient (Wildman–Crippen LogP) is 4.90. The quantitative estimate of drug-likeness (QED) is 0.663. The summed E-state index contributed by atoms with van der Waals surface area (Å²) in [5.74, 6) is -1.51. The van der Waals surface area contributed by atoms with Gasteiger partial charge in [-0.25, -0.2) is 8.78 Å². The van der Waals surface area contributed by atoms with Crippen LogP contribution in [0, 0.1) is 11.6 Å². The Morgan fingerprint density at radius 2 is 1.52 bits per heavy atom. The first-order valence-corrected chi connectivity index (χ1v) is 7.89. The molecule has 0 saturated heterocycles. The minimum Gasteiger partial charge on any atom is -0.337 e. The van der Waals surface area contributed by atoms with Crippen LogP contribution in [0.15, 0.2) is 72.8 Å². The second kappa shape index (κ2) is 7.26. The third-order valence-electron chi connectivity index (χ3n) is 4.01. The maximum atomic E-state index is 13.7. The van der Waals surface area contributed by atoms with E-state index in [0.29, 0.717) is 5.56 Å². The number of hydrogen-bond acceptors (Lipinski definition) is 1. The topological polar surface area (TPSA) is 20.3 Å². The zero-order chi connectivity index (χ0) is 17.8. The van der Waals surface area contributed by atoms with E-state index >= 15 is 0 Å². The fraction of sp³-hybridized carbons (Fsp3) is 0.0952. The fourth-order valence-corrected chi connectivity index (χ4v) is 2.63. The van der Waals surface area contributed by atoms with Crippen molar-refractivity contribution in [2.75, 3.05) is 7.05 Å². The van der Waals surface area contributed by atoms with E-state index in [4.69, 9.17) is 0 Å². The minimum atomic E-state index is -0.654. The first kappa shape index (κ1) is 16.8. The summed E-state index contributed by atoms with van der Waals surface area (Å²) in [6.45, 7) is 0.0748. The standard InChI is InChI=1S/C21H17F2NO/c1-24(14-18-11-12-19(22)13-20(18)23)21(25)17-9-7-16(8-10-17)15-5-3-2-4-6-15/h2-13H,14H2,1H3. The van der Waals surface area contributed by atoms with E-state index in [1.807, 2.05) is 42.5 Å². The third-order valence-corrected chi connectivity index (χ3v) is 4.01. The van der Waals surface area contributed by atoms with Gasteiger partial charge in [-0.2, -0.15) is 0 Å². The molecule has 3 aromatic carbocycles. The first-order chi connectivity index (χ1) is 12.0. The number of benzene rings is 3. The smallest absolute Gasteiger partial charge is 0.253 e. The molecule has 4 heteroatoms. The molecule has 0 unspecified atom stereocenters. The van der Waals surface area contributed by atoms with Gasteiger partial charge in [0.2, 0.25) is 0 Å². The van der Waals surface area contributed by atoms with Crippen LogP contribution in [0.4, 0.5) is 8.78 Å². The van der Waals surface area contributed by atoms with E-state index in [9.17, 15) is 13.6 Å². The lowest BCUT2D eigenvalue weighted by molar-refractivity contribution is 0.0784. The molecule has 0 radical (unpaired) electrons. The third kappa shape index (κ3) is 3.91. The summed E-state index contributed by atoms with van der Waals surface area (Å²) in [6.07, 6.45) is 0. The van der Waals surface area contributed by atoms with Gasteiger partial charge < -0.3 is 4.90 Å². The molecule has 3 rings (SSSR count). The van der Waals surface area contributed by atoms with Gasteiger partial charge in [0.05, 0.1) is 0 Å². The van der Waals surface area contributed by atoms with Crippen LogP contribution in [-0.4, -0.2) is 17.9 Å². The van der Waals surface area contributed by atoms with E-state index in [2.05, 4.69) is 0 Å². The van der Waals surface area contributed by atoms with Crippen molar-refractivity contribution in [3.05, 3.63) is 95.6 Å². The maximum absolute atomic E-state index is 13.7. The van der Waals surface area contributed by atoms with E-state index < -0.39 is 11.6 Å². The minimum absolute atomic E-state index is 0.0748. The summed E-state index contributed by atoms with van der Waals surface area (Å²) in [7, 11) is 1.59. The second-order valence-electron chi connectivity index (χ2n) is 5.84. The Kier molecular flexibility index (Phi) is 4.89. The van der Waals surface area contributed by atoms with E-state index in [-0.39, 0.29) is 18.0 Å². The molecule has 0 aliphatic carbocycles. The zero-order valence-corrected chi connectivity index (χ0v) is 13.7.